The maximum Gasteiger partial charge on any atom is 0.0474 e. The van der Waals surface area contributed by atoms with Crippen LogP contribution >= 0.6 is 11.6 Å². The molecule has 0 atom stereocenters. The molecule has 0 spiro atoms. The number of rotatable bonds is 5. The molecule has 0 aromatic heterocycles. The summed E-state index contributed by atoms with van der Waals surface area (Å²) < 4.78 is 0. The van der Waals surface area contributed by atoms with E-state index in [4.69, 9.17) is 11.6 Å². The number of alkyl halides is 1. The molecule has 2 rings (SSSR count). The van der Waals surface area contributed by atoms with Crippen LogP contribution in [0, 0.1) is 0 Å². The van der Waals surface area contributed by atoms with Crippen molar-refractivity contribution in [2.24, 2.45) is 0 Å². The van der Waals surface area contributed by atoms with Crippen LogP contribution in [0.1, 0.15) is 23.6 Å². The Morgan fingerprint density at radius 3 is 1.94 bits per heavy atom. The number of halogens is 1. The molecule has 1 nitrogen and oxygen atoms in total. The lowest BCUT2D eigenvalue weighted by atomic mass is 10.1. The molecule has 0 unspecified atom stereocenters. The number of aryl methyl sites for hydroxylation is 1. The van der Waals surface area contributed by atoms with Crippen molar-refractivity contribution in [3.63, 3.8) is 0 Å². The molecule has 2 heteroatoms. The lowest BCUT2D eigenvalue weighted by Crippen LogP contribution is -1.99. The van der Waals surface area contributed by atoms with E-state index in [1.165, 1.54) is 11.1 Å². The summed E-state index contributed by atoms with van der Waals surface area (Å²) in [5.74, 6) is 0.568. The van der Waals surface area contributed by atoms with Crippen LogP contribution in [0.25, 0.3) is 0 Å². The molecule has 0 radical (unpaired) electrons. The van der Waals surface area contributed by atoms with Crippen LogP contribution in [0.15, 0.2) is 48.5 Å². The van der Waals surface area contributed by atoms with E-state index in [-0.39, 0.29) is 0 Å². The third-order valence-electron chi connectivity index (χ3n) is 3.04. The minimum atomic E-state index is 0.568. The van der Waals surface area contributed by atoms with E-state index in [0.29, 0.717) is 5.88 Å². The van der Waals surface area contributed by atoms with Crippen molar-refractivity contribution in [3.8, 4) is 0 Å². The quantitative estimate of drug-likeness (QED) is 0.774. The van der Waals surface area contributed by atoms with Crippen molar-refractivity contribution in [2.75, 3.05) is 5.32 Å². The second-order valence-corrected chi connectivity index (χ2v) is 4.62. The smallest absolute Gasteiger partial charge is 0.0474 e. The molecule has 18 heavy (non-hydrogen) atoms. The number of anilines is 1. The van der Waals surface area contributed by atoms with Gasteiger partial charge in [-0.05, 0) is 35.2 Å². The van der Waals surface area contributed by atoms with Gasteiger partial charge in [0.2, 0.25) is 0 Å². The summed E-state index contributed by atoms with van der Waals surface area (Å²) in [7, 11) is 0. The molecule has 2 aromatic rings. The zero-order chi connectivity index (χ0) is 12.8. The van der Waals surface area contributed by atoms with Crippen molar-refractivity contribution < 1.29 is 0 Å². The van der Waals surface area contributed by atoms with Crippen LogP contribution in [-0.4, -0.2) is 0 Å². The van der Waals surface area contributed by atoms with Gasteiger partial charge in [0.1, 0.15) is 0 Å². The predicted molar refractivity (Wildman–Crippen MR) is 79.1 cm³/mol. The van der Waals surface area contributed by atoms with Crippen LogP contribution in [-0.2, 0) is 18.8 Å². The highest BCUT2D eigenvalue weighted by Crippen LogP contribution is 2.13. The van der Waals surface area contributed by atoms with Crippen molar-refractivity contribution in [3.05, 3.63) is 65.2 Å². The first-order chi connectivity index (χ1) is 8.81. The van der Waals surface area contributed by atoms with E-state index >= 15 is 0 Å². The van der Waals surface area contributed by atoms with Crippen LogP contribution < -0.4 is 5.32 Å². The first-order valence-electron chi connectivity index (χ1n) is 6.28. The Hall–Kier alpha value is -1.47. The van der Waals surface area contributed by atoms with Gasteiger partial charge in [-0.2, -0.15) is 0 Å². The monoisotopic (exact) mass is 259 g/mol. The molecule has 0 amide bonds. The van der Waals surface area contributed by atoms with Gasteiger partial charge in [-0.1, -0.05) is 43.3 Å². The summed E-state index contributed by atoms with van der Waals surface area (Å²) in [6.07, 6.45) is 1.09. The molecule has 0 saturated heterocycles. The summed E-state index contributed by atoms with van der Waals surface area (Å²) in [5, 5.41) is 3.41. The maximum atomic E-state index is 5.76. The highest BCUT2D eigenvalue weighted by Gasteiger charge is 1.95. The fourth-order valence-electron chi connectivity index (χ4n) is 1.81. The Labute approximate surface area is 114 Å². The first-order valence-corrected chi connectivity index (χ1v) is 6.82. The summed E-state index contributed by atoms with van der Waals surface area (Å²) in [4.78, 5) is 0. The van der Waals surface area contributed by atoms with Crippen molar-refractivity contribution in [2.45, 2.75) is 25.8 Å². The Kier molecular flexibility index (Phi) is 4.66. The van der Waals surface area contributed by atoms with E-state index in [1.54, 1.807) is 0 Å². The number of nitrogens with one attached hydrogen (secondary N) is 1. The average Bonchev–Trinajstić information content (AvgIpc) is 2.46. The second-order valence-electron chi connectivity index (χ2n) is 4.35. The topological polar surface area (TPSA) is 12.0 Å². The Morgan fingerprint density at radius 1 is 0.833 bits per heavy atom. The van der Waals surface area contributed by atoms with Gasteiger partial charge in [0.15, 0.2) is 0 Å². The van der Waals surface area contributed by atoms with Crippen LogP contribution in [0.5, 0.6) is 0 Å². The van der Waals surface area contributed by atoms with Gasteiger partial charge in [-0.15, -0.1) is 11.6 Å². The SMILES string of the molecule is CCc1ccc(CNc2ccc(CCl)cc2)cc1. The third-order valence-corrected chi connectivity index (χ3v) is 3.34. The van der Waals surface area contributed by atoms with Gasteiger partial charge in [0.05, 0.1) is 0 Å². The normalized spacial score (nSPS) is 10.3. The molecule has 2 aromatic carbocycles. The zero-order valence-corrected chi connectivity index (χ0v) is 11.4. The minimum absolute atomic E-state index is 0.568. The molecule has 0 saturated carbocycles. The van der Waals surface area contributed by atoms with Crippen LogP contribution in [0.4, 0.5) is 5.69 Å². The molecule has 1 N–H and O–H groups in total. The Bertz CT molecular complexity index is 426. The van der Waals surface area contributed by atoms with E-state index in [9.17, 15) is 0 Å². The van der Waals surface area contributed by atoms with Gasteiger partial charge in [-0.3, -0.25) is 0 Å². The largest absolute Gasteiger partial charge is 0.381 e. The third kappa shape index (κ3) is 3.51. The number of hydrogen-bond acceptors (Lipinski definition) is 1. The molecular weight excluding hydrogens is 242 g/mol. The molecule has 94 valence electrons. The van der Waals surface area contributed by atoms with Crippen LogP contribution in [0.2, 0.25) is 0 Å². The lowest BCUT2D eigenvalue weighted by Gasteiger charge is -2.07. The maximum absolute atomic E-state index is 5.76. The number of benzene rings is 2. The van der Waals surface area contributed by atoms with Crippen molar-refractivity contribution in [1.82, 2.24) is 0 Å². The molecule has 0 bridgehead atoms. The van der Waals surface area contributed by atoms with E-state index < -0.39 is 0 Å². The second kappa shape index (κ2) is 6.46. The van der Waals surface area contributed by atoms with Crippen molar-refractivity contribution >= 4 is 17.3 Å². The summed E-state index contributed by atoms with van der Waals surface area (Å²) in [6.45, 7) is 3.02. The van der Waals surface area contributed by atoms with Gasteiger partial charge < -0.3 is 5.32 Å². The van der Waals surface area contributed by atoms with Gasteiger partial charge >= 0.3 is 0 Å². The highest BCUT2D eigenvalue weighted by atomic mass is 35.5. The number of hydrogen-bond donors (Lipinski definition) is 1. The first kappa shape index (κ1) is 13.0. The predicted octanol–water partition coefficient (Wildman–Crippen LogP) is 4.60. The lowest BCUT2D eigenvalue weighted by molar-refractivity contribution is 1.10. The standard InChI is InChI=1S/C16H18ClN/c1-2-13-3-5-15(6-4-13)12-18-16-9-7-14(11-17)8-10-16/h3-10,18H,2,11-12H2,1H3. The molecule has 0 aliphatic heterocycles. The van der Waals surface area contributed by atoms with Gasteiger partial charge in [-0.25, -0.2) is 0 Å². The summed E-state index contributed by atoms with van der Waals surface area (Å²) >= 11 is 5.76. The summed E-state index contributed by atoms with van der Waals surface area (Å²) in [6, 6.07) is 17.0. The molecule has 0 heterocycles. The van der Waals surface area contributed by atoms with Gasteiger partial charge in [0, 0.05) is 18.1 Å². The molecular formula is C16H18ClN. The van der Waals surface area contributed by atoms with Crippen LogP contribution in [0.3, 0.4) is 0 Å². The zero-order valence-electron chi connectivity index (χ0n) is 10.6. The minimum Gasteiger partial charge on any atom is -0.381 e. The van der Waals surface area contributed by atoms with E-state index in [1.807, 2.05) is 0 Å². The van der Waals surface area contributed by atoms with E-state index in [2.05, 4.69) is 60.8 Å². The Balaban J connectivity index is 1.93. The summed E-state index contributed by atoms with van der Waals surface area (Å²) in [5.41, 5.74) is 4.96. The molecule has 0 aliphatic rings. The Morgan fingerprint density at radius 2 is 1.39 bits per heavy atom. The fraction of sp³-hybridized carbons (Fsp3) is 0.250. The van der Waals surface area contributed by atoms with E-state index in [0.717, 1.165) is 24.2 Å². The van der Waals surface area contributed by atoms with Crippen molar-refractivity contribution in [1.29, 1.82) is 0 Å². The van der Waals surface area contributed by atoms with Gasteiger partial charge in [0.25, 0.3) is 0 Å². The average molecular weight is 260 g/mol. The molecule has 0 aliphatic carbocycles. The molecule has 0 fully saturated rings. The fourth-order valence-corrected chi connectivity index (χ4v) is 1.99. The highest BCUT2D eigenvalue weighted by molar-refractivity contribution is 6.17.